The highest BCUT2D eigenvalue weighted by Gasteiger charge is 2.44. The van der Waals surface area contributed by atoms with Gasteiger partial charge in [-0.25, -0.2) is 23.0 Å². The van der Waals surface area contributed by atoms with Crippen molar-refractivity contribution in [1.29, 1.82) is 0 Å². The summed E-state index contributed by atoms with van der Waals surface area (Å²) in [4.78, 5) is 49.4. The van der Waals surface area contributed by atoms with E-state index in [9.17, 15) is 33.0 Å². The van der Waals surface area contributed by atoms with E-state index in [0.717, 1.165) is 53.9 Å². The number of carboxylic acids is 1. The number of carbonyl (C=O) groups is 3. The van der Waals surface area contributed by atoms with Crippen molar-refractivity contribution in [2.45, 2.75) is 75.5 Å². The summed E-state index contributed by atoms with van der Waals surface area (Å²) < 4.78 is 34.9. The third-order valence-electron chi connectivity index (χ3n) is 9.73. The van der Waals surface area contributed by atoms with Crippen LogP contribution in [0.5, 0.6) is 0 Å². The van der Waals surface area contributed by atoms with Crippen molar-refractivity contribution in [1.82, 2.24) is 14.2 Å². The number of sulfonamides is 1. The monoisotopic (exact) mass is 739 g/mol. The number of pyridine rings is 1. The van der Waals surface area contributed by atoms with Crippen LogP contribution in [0.15, 0.2) is 59.6 Å². The zero-order chi connectivity index (χ0) is 36.5. The van der Waals surface area contributed by atoms with Gasteiger partial charge in [-0.05, 0) is 63.3 Å². The number of thiophene rings is 1. The van der Waals surface area contributed by atoms with Gasteiger partial charge < -0.3 is 24.7 Å². The molecular weight excluding hydrogens is 695 g/mol. The summed E-state index contributed by atoms with van der Waals surface area (Å²) in [6.07, 6.45) is 5.36. The van der Waals surface area contributed by atoms with Crippen LogP contribution >= 0.6 is 11.3 Å². The van der Waals surface area contributed by atoms with Gasteiger partial charge in [0.05, 0.1) is 30.9 Å². The molecule has 1 saturated carbocycles. The van der Waals surface area contributed by atoms with E-state index >= 15 is 0 Å². The number of hydrogen-bond acceptors (Lipinski definition) is 10. The van der Waals surface area contributed by atoms with Gasteiger partial charge in [-0.3, -0.25) is 9.69 Å². The number of amides is 2. The number of hydrogen-bond donors (Lipinski definition) is 2. The molecule has 13 nitrogen and oxygen atoms in total. The maximum absolute atomic E-state index is 14.1. The summed E-state index contributed by atoms with van der Waals surface area (Å²) in [7, 11) is -4.16. The number of aromatic nitrogens is 1. The number of piperazine rings is 2. The molecule has 2 aromatic heterocycles. The average Bonchev–Trinajstić information content (AvgIpc) is 3.56. The van der Waals surface area contributed by atoms with E-state index in [1.807, 2.05) is 35.2 Å². The third kappa shape index (κ3) is 7.91. The average molecular weight is 740 g/mol. The number of aromatic carboxylic acids is 1. The summed E-state index contributed by atoms with van der Waals surface area (Å²) >= 11 is 1.11. The van der Waals surface area contributed by atoms with Crippen LogP contribution in [-0.4, -0.2) is 108 Å². The molecule has 51 heavy (non-hydrogen) atoms. The molecule has 4 heterocycles. The number of aliphatic hydroxyl groups is 1. The first-order chi connectivity index (χ1) is 24.3. The van der Waals surface area contributed by atoms with Crippen molar-refractivity contribution in [3.05, 3.63) is 59.6 Å². The van der Waals surface area contributed by atoms with Gasteiger partial charge in [0.1, 0.15) is 21.2 Å². The van der Waals surface area contributed by atoms with Crippen molar-refractivity contribution in [3.63, 3.8) is 0 Å². The van der Waals surface area contributed by atoms with Gasteiger partial charge in [-0.15, -0.1) is 11.3 Å². The van der Waals surface area contributed by atoms with Crippen LogP contribution in [0.2, 0.25) is 0 Å². The van der Waals surface area contributed by atoms with Crippen molar-refractivity contribution in [2.75, 3.05) is 49.1 Å². The molecule has 2 saturated heterocycles. The molecule has 2 amide bonds. The lowest BCUT2D eigenvalue weighted by atomic mass is 9.82. The highest BCUT2D eigenvalue weighted by molar-refractivity contribution is 7.89. The second kappa shape index (κ2) is 14.9. The lowest BCUT2D eigenvalue weighted by Crippen LogP contribution is -2.60. The molecule has 1 aliphatic carbocycles. The Hall–Kier alpha value is -4.05. The number of rotatable bonds is 8. The first-order valence-electron chi connectivity index (χ1n) is 17.3. The summed E-state index contributed by atoms with van der Waals surface area (Å²) in [5.74, 6) is -1.11. The largest absolute Gasteiger partial charge is 0.477 e. The molecule has 3 aliphatic rings. The first-order valence-corrected chi connectivity index (χ1v) is 19.6. The molecule has 15 heteroatoms. The summed E-state index contributed by atoms with van der Waals surface area (Å²) in [5.41, 5.74) is 0.469. The number of ether oxygens (including phenoxy) is 1. The summed E-state index contributed by atoms with van der Waals surface area (Å²) in [6.45, 7) is 5.62. The van der Waals surface area contributed by atoms with Gasteiger partial charge in [0.15, 0.2) is 0 Å². The van der Waals surface area contributed by atoms with E-state index < -0.39 is 52.2 Å². The Bertz CT molecular complexity index is 1840. The van der Waals surface area contributed by atoms with Crippen LogP contribution < -0.4 is 9.80 Å². The minimum Gasteiger partial charge on any atom is -0.477 e. The molecule has 2 N–H and O–H groups in total. The fourth-order valence-corrected chi connectivity index (χ4v) is 9.59. The number of carboxylic acid groups (broad SMARTS) is 1. The fraction of sp³-hybridized carbons (Fsp3) is 0.500. The van der Waals surface area contributed by atoms with Gasteiger partial charge >= 0.3 is 12.1 Å². The van der Waals surface area contributed by atoms with Crippen LogP contribution in [0.3, 0.4) is 0 Å². The zero-order valence-corrected chi connectivity index (χ0v) is 30.7. The molecule has 0 spiro atoms. The maximum atomic E-state index is 14.1. The van der Waals surface area contributed by atoms with Gasteiger partial charge in [-0.2, -0.15) is 4.31 Å². The third-order valence-corrected chi connectivity index (χ3v) is 12.7. The normalized spacial score (nSPS) is 21.2. The van der Waals surface area contributed by atoms with Crippen molar-refractivity contribution in [2.24, 2.45) is 5.92 Å². The standard InChI is InChI=1S/C36H45N5O8S2/c1-36(2,3)49-35(46)40-17-16-38(20-26(40)23-42)31-15-14-27(19-37-31)51(47,48)39-21-29(24-10-6-4-7-11-24)41(32(43)22-39)28-18-30(50-33(28)34(44)45)25-12-8-5-9-13-25/h5,8-9,12-15,18-19,24,26,29,42H,4,6-7,10-11,16-17,20-23H2,1-3H3,(H,44,45)/t26-,29+/m1/s1. The molecule has 2 aliphatic heterocycles. The minimum absolute atomic E-state index is 0.00161. The molecule has 0 bridgehead atoms. The number of carbonyl (C=O) groups excluding carboxylic acids is 2. The van der Waals surface area contributed by atoms with Crippen LogP contribution in [0.25, 0.3) is 10.4 Å². The Morgan fingerprint density at radius 2 is 1.75 bits per heavy atom. The minimum atomic E-state index is -4.16. The predicted octanol–water partition coefficient (Wildman–Crippen LogP) is 4.91. The van der Waals surface area contributed by atoms with Crippen LogP contribution in [-0.2, 0) is 19.6 Å². The predicted molar refractivity (Wildman–Crippen MR) is 194 cm³/mol. The van der Waals surface area contributed by atoms with Gasteiger partial charge in [0.25, 0.3) is 0 Å². The number of nitrogens with zero attached hydrogens (tertiary/aromatic N) is 5. The fourth-order valence-electron chi connectivity index (χ4n) is 7.24. The van der Waals surface area contributed by atoms with E-state index in [2.05, 4.69) is 4.98 Å². The zero-order valence-electron chi connectivity index (χ0n) is 29.1. The van der Waals surface area contributed by atoms with Crippen molar-refractivity contribution in [3.8, 4) is 10.4 Å². The second-order valence-corrected chi connectivity index (χ2v) is 17.3. The smallest absolute Gasteiger partial charge is 0.410 e. The highest BCUT2D eigenvalue weighted by atomic mass is 32.2. The van der Waals surface area contributed by atoms with Gasteiger partial charge in [-0.1, -0.05) is 49.6 Å². The molecule has 0 unspecified atom stereocenters. The molecule has 0 radical (unpaired) electrons. The Morgan fingerprint density at radius 1 is 1.02 bits per heavy atom. The Labute approximate surface area is 302 Å². The quantitative estimate of drug-likeness (QED) is 0.325. The van der Waals surface area contributed by atoms with E-state index in [0.29, 0.717) is 18.1 Å². The van der Waals surface area contributed by atoms with Crippen molar-refractivity contribution < 1.29 is 37.8 Å². The summed E-state index contributed by atoms with van der Waals surface area (Å²) in [6, 6.07) is 13.1. The highest BCUT2D eigenvalue weighted by Crippen LogP contribution is 2.42. The van der Waals surface area contributed by atoms with Gasteiger partial charge in [0.2, 0.25) is 15.9 Å². The lowest BCUT2D eigenvalue weighted by molar-refractivity contribution is -0.121. The topological polar surface area (TPSA) is 161 Å². The number of aliphatic hydroxyl groups excluding tert-OH is 1. The molecule has 6 rings (SSSR count). The molecule has 274 valence electrons. The Kier molecular flexibility index (Phi) is 10.7. The van der Waals surface area contributed by atoms with Crippen molar-refractivity contribution >= 4 is 50.8 Å². The van der Waals surface area contributed by atoms with E-state index in [4.69, 9.17) is 4.74 Å². The van der Waals surface area contributed by atoms with Crippen LogP contribution in [0.1, 0.15) is 62.5 Å². The molecular formula is C36H45N5O8S2. The van der Waals surface area contributed by atoms with Crippen LogP contribution in [0.4, 0.5) is 16.3 Å². The van der Waals surface area contributed by atoms with E-state index in [-0.39, 0.29) is 41.9 Å². The Morgan fingerprint density at radius 3 is 2.37 bits per heavy atom. The Balaban J connectivity index is 1.23. The van der Waals surface area contributed by atoms with Crippen LogP contribution in [0, 0.1) is 5.92 Å². The molecule has 3 aromatic rings. The van der Waals surface area contributed by atoms with Gasteiger partial charge in [0, 0.05) is 37.3 Å². The molecule has 1 aromatic carbocycles. The number of benzene rings is 1. The molecule has 3 fully saturated rings. The second-order valence-electron chi connectivity index (χ2n) is 14.3. The van der Waals surface area contributed by atoms with E-state index in [1.165, 1.54) is 21.5 Å². The molecule has 2 atom stereocenters. The van der Waals surface area contributed by atoms with E-state index in [1.54, 1.807) is 37.8 Å². The maximum Gasteiger partial charge on any atom is 0.410 e. The first kappa shape index (κ1) is 36.7. The number of anilines is 2. The SMILES string of the molecule is CC(C)(C)OC(=O)N1CCN(c2ccc(S(=O)(=O)N3CC(=O)N(c4cc(-c5ccccc5)sc4C(=O)O)[C@H](C4CCCCC4)C3)cn2)C[C@@H]1CO. The summed E-state index contributed by atoms with van der Waals surface area (Å²) in [5, 5.41) is 20.3. The lowest BCUT2D eigenvalue weighted by Gasteiger charge is -2.44.